The molecule has 0 aliphatic rings. The Hall–Kier alpha value is -2.97. The third-order valence-electron chi connectivity index (χ3n) is 2.85. The number of amides is 1. The third-order valence-corrected chi connectivity index (χ3v) is 2.85. The highest BCUT2D eigenvalue weighted by molar-refractivity contribution is 5.89. The summed E-state index contributed by atoms with van der Waals surface area (Å²) in [6.07, 6.45) is 4.06. The van der Waals surface area contributed by atoms with Gasteiger partial charge in [0.05, 0.1) is 36.8 Å². The molecule has 0 radical (unpaired) electrons. The van der Waals surface area contributed by atoms with Gasteiger partial charge in [-0.15, -0.1) is 5.10 Å². The Balaban J connectivity index is 2.02. The van der Waals surface area contributed by atoms with Crippen molar-refractivity contribution in [2.24, 2.45) is 0 Å². The van der Waals surface area contributed by atoms with Crippen LogP contribution in [0.15, 0.2) is 24.7 Å². The van der Waals surface area contributed by atoms with Crippen LogP contribution >= 0.6 is 0 Å². The molecule has 2 rings (SSSR count). The minimum atomic E-state index is -0.569. The first-order chi connectivity index (χ1) is 11.8. The average Bonchev–Trinajstić information content (AvgIpc) is 3.01. The lowest BCUT2D eigenvalue weighted by Crippen LogP contribution is -2.32. The number of alkyl carbamates (subject to hydrolysis) is 1. The van der Waals surface area contributed by atoms with Gasteiger partial charge in [-0.3, -0.25) is 4.98 Å². The maximum Gasteiger partial charge on any atom is 0.407 e. The van der Waals surface area contributed by atoms with Crippen LogP contribution in [0.5, 0.6) is 0 Å². The van der Waals surface area contributed by atoms with Gasteiger partial charge in [0.15, 0.2) is 0 Å². The molecule has 0 saturated heterocycles. The Morgan fingerprint density at radius 3 is 2.72 bits per heavy atom. The van der Waals surface area contributed by atoms with Gasteiger partial charge in [-0.2, -0.15) is 0 Å². The summed E-state index contributed by atoms with van der Waals surface area (Å²) in [5.41, 5.74) is 0.846. The smallest absolute Gasteiger partial charge is 0.407 e. The van der Waals surface area contributed by atoms with Crippen LogP contribution in [0, 0.1) is 0 Å². The van der Waals surface area contributed by atoms with Gasteiger partial charge in [-0.1, -0.05) is 5.21 Å². The lowest BCUT2D eigenvalue weighted by atomic mass is 10.2. The summed E-state index contributed by atoms with van der Waals surface area (Å²) in [6, 6.07) is 1.60. The van der Waals surface area contributed by atoms with Crippen LogP contribution in [-0.2, 0) is 16.0 Å². The molecule has 0 spiro atoms. The van der Waals surface area contributed by atoms with Crippen molar-refractivity contribution in [3.8, 4) is 5.69 Å². The van der Waals surface area contributed by atoms with Crippen molar-refractivity contribution in [1.29, 1.82) is 0 Å². The molecular weight excluding hydrogens is 326 g/mol. The predicted molar refractivity (Wildman–Crippen MR) is 88.2 cm³/mol. The molecule has 0 bridgehead atoms. The Morgan fingerprint density at radius 2 is 2.04 bits per heavy atom. The van der Waals surface area contributed by atoms with Gasteiger partial charge in [0.1, 0.15) is 11.3 Å². The van der Waals surface area contributed by atoms with E-state index in [1.54, 1.807) is 46.2 Å². The minimum Gasteiger partial charge on any atom is -0.462 e. The zero-order valence-electron chi connectivity index (χ0n) is 14.6. The summed E-state index contributed by atoms with van der Waals surface area (Å²) in [5, 5.41) is 10.5. The molecule has 9 heteroatoms. The molecular formula is C16H21N5O4. The molecule has 2 aromatic rings. The van der Waals surface area contributed by atoms with E-state index in [4.69, 9.17) is 9.47 Å². The second kappa shape index (κ2) is 7.73. The van der Waals surface area contributed by atoms with Crippen LogP contribution in [0.4, 0.5) is 4.79 Å². The number of hydrogen-bond acceptors (Lipinski definition) is 7. The van der Waals surface area contributed by atoms with E-state index in [0.29, 0.717) is 16.9 Å². The summed E-state index contributed by atoms with van der Waals surface area (Å²) in [6.45, 7) is 7.54. The molecule has 2 heterocycles. The third kappa shape index (κ3) is 5.55. The van der Waals surface area contributed by atoms with Crippen molar-refractivity contribution in [3.05, 3.63) is 35.9 Å². The van der Waals surface area contributed by atoms with Gasteiger partial charge in [-0.25, -0.2) is 14.3 Å². The topological polar surface area (TPSA) is 108 Å². The van der Waals surface area contributed by atoms with Crippen LogP contribution in [0.3, 0.4) is 0 Å². The van der Waals surface area contributed by atoms with E-state index in [1.165, 1.54) is 10.9 Å². The monoisotopic (exact) mass is 347 g/mol. The van der Waals surface area contributed by atoms with Crippen LogP contribution in [0.25, 0.3) is 5.69 Å². The number of esters is 1. The summed E-state index contributed by atoms with van der Waals surface area (Å²) in [7, 11) is 0. The molecule has 0 unspecified atom stereocenters. The number of carbonyl (C=O) groups is 2. The van der Waals surface area contributed by atoms with E-state index >= 15 is 0 Å². The van der Waals surface area contributed by atoms with E-state index in [1.807, 2.05) is 0 Å². The predicted octanol–water partition coefficient (Wildman–Crippen LogP) is 1.86. The average molecular weight is 347 g/mol. The lowest BCUT2D eigenvalue weighted by molar-refractivity contribution is 0.0513. The van der Waals surface area contributed by atoms with E-state index in [-0.39, 0.29) is 13.2 Å². The lowest BCUT2D eigenvalue weighted by Gasteiger charge is -2.19. The number of rotatable bonds is 5. The fraction of sp³-hybridized carbons (Fsp3) is 0.438. The van der Waals surface area contributed by atoms with Gasteiger partial charge in [0, 0.05) is 6.20 Å². The van der Waals surface area contributed by atoms with Crippen molar-refractivity contribution in [3.63, 3.8) is 0 Å². The number of pyridine rings is 1. The molecule has 0 aliphatic heterocycles. The molecule has 1 amide bonds. The SMILES string of the molecule is CCOC(=O)c1cncc(-n2cc(CNC(=O)OC(C)(C)C)nn2)c1. The number of carbonyl (C=O) groups excluding carboxylic acids is 2. The molecule has 0 saturated carbocycles. The highest BCUT2D eigenvalue weighted by Crippen LogP contribution is 2.10. The maximum atomic E-state index is 11.8. The van der Waals surface area contributed by atoms with Gasteiger partial charge in [-0.05, 0) is 33.8 Å². The highest BCUT2D eigenvalue weighted by Gasteiger charge is 2.16. The first kappa shape index (κ1) is 18.4. The molecule has 1 N–H and O–H groups in total. The Labute approximate surface area is 145 Å². The van der Waals surface area contributed by atoms with Crippen molar-refractivity contribution in [1.82, 2.24) is 25.3 Å². The second-order valence-electron chi connectivity index (χ2n) is 6.16. The second-order valence-corrected chi connectivity index (χ2v) is 6.16. The van der Waals surface area contributed by atoms with E-state index in [9.17, 15) is 9.59 Å². The number of ether oxygens (including phenoxy) is 2. The van der Waals surface area contributed by atoms with Crippen LogP contribution in [0.2, 0.25) is 0 Å². The summed E-state index contributed by atoms with van der Waals surface area (Å²) in [5.74, 6) is -0.455. The highest BCUT2D eigenvalue weighted by atomic mass is 16.6. The molecule has 0 fully saturated rings. The zero-order chi connectivity index (χ0) is 18.4. The molecule has 0 aromatic carbocycles. The standard InChI is InChI=1S/C16H21N5O4/c1-5-24-14(22)11-6-13(9-17-7-11)21-10-12(19-20-21)8-18-15(23)25-16(2,3)4/h6-7,9-10H,5,8H2,1-4H3,(H,18,23). The van der Waals surface area contributed by atoms with E-state index < -0.39 is 17.7 Å². The summed E-state index contributed by atoms with van der Waals surface area (Å²) >= 11 is 0. The van der Waals surface area contributed by atoms with Gasteiger partial charge in [0.25, 0.3) is 0 Å². The van der Waals surface area contributed by atoms with Gasteiger partial charge in [0.2, 0.25) is 0 Å². The fourth-order valence-corrected chi connectivity index (χ4v) is 1.86. The maximum absolute atomic E-state index is 11.8. The number of nitrogens with one attached hydrogen (secondary N) is 1. The first-order valence-electron chi connectivity index (χ1n) is 7.79. The van der Waals surface area contributed by atoms with E-state index in [0.717, 1.165) is 0 Å². The Bertz CT molecular complexity index is 751. The Morgan fingerprint density at radius 1 is 1.28 bits per heavy atom. The van der Waals surface area contributed by atoms with Crippen molar-refractivity contribution in [2.75, 3.05) is 6.61 Å². The van der Waals surface area contributed by atoms with Crippen LogP contribution < -0.4 is 5.32 Å². The largest absolute Gasteiger partial charge is 0.462 e. The molecule has 9 nitrogen and oxygen atoms in total. The summed E-state index contributed by atoms with van der Waals surface area (Å²) < 4.78 is 11.6. The zero-order valence-corrected chi connectivity index (χ0v) is 14.6. The molecule has 0 aliphatic carbocycles. The van der Waals surface area contributed by atoms with Gasteiger partial charge >= 0.3 is 12.1 Å². The van der Waals surface area contributed by atoms with Crippen molar-refractivity contribution < 1.29 is 19.1 Å². The molecule has 0 atom stereocenters. The minimum absolute atomic E-state index is 0.167. The quantitative estimate of drug-likeness (QED) is 0.822. The molecule has 25 heavy (non-hydrogen) atoms. The number of aromatic nitrogens is 4. The fourth-order valence-electron chi connectivity index (χ4n) is 1.86. The van der Waals surface area contributed by atoms with E-state index in [2.05, 4.69) is 20.6 Å². The Kier molecular flexibility index (Phi) is 5.68. The first-order valence-corrected chi connectivity index (χ1v) is 7.79. The van der Waals surface area contributed by atoms with Crippen LogP contribution in [0.1, 0.15) is 43.7 Å². The molecule has 134 valence electrons. The summed E-state index contributed by atoms with van der Waals surface area (Å²) in [4.78, 5) is 27.4. The van der Waals surface area contributed by atoms with Crippen molar-refractivity contribution in [2.45, 2.75) is 39.8 Å². The number of nitrogens with zero attached hydrogens (tertiary/aromatic N) is 4. The normalized spacial score (nSPS) is 11.0. The van der Waals surface area contributed by atoms with Crippen LogP contribution in [-0.4, -0.2) is 44.2 Å². The molecule has 2 aromatic heterocycles. The van der Waals surface area contributed by atoms with Crippen molar-refractivity contribution >= 4 is 12.1 Å². The number of hydrogen-bond donors (Lipinski definition) is 1. The van der Waals surface area contributed by atoms with Gasteiger partial charge < -0.3 is 14.8 Å².